The van der Waals surface area contributed by atoms with Crippen molar-refractivity contribution in [1.82, 2.24) is 0 Å². The molecule has 0 saturated carbocycles. The van der Waals surface area contributed by atoms with Crippen molar-refractivity contribution >= 4 is 22.1 Å². The summed E-state index contributed by atoms with van der Waals surface area (Å²) in [5.74, 6) is -3.50. The maximum atomic E-state index is 10.2. The Labute approximate surface area is 196 Å². The topological polar surface area (TPSA) is 129 Å². The quantitative estimate of drug-likeness (QED) is 0.367. The molecule has 0 saturated heterocycles. The van der Waals surface area contributed by atoms with E-state index in [9.17, 15) is 18.0 Å². The van der Waals surface area contributed by atoms with E-state index in [4.69, 9.17) is 14.8 Å². The molecule has 0 amide bonds. The molecule has 0 aromatic rings. The third kappa shape index (κ3) is 65.8. The Morgan fingerprint density at radius 3 is 1.08 bits per heavy atom. The summed E-state index contributed by atoms with van der Waals surface area (Å²) in [6, 6.07) is 0. The van der Waals surface area contributed by atoms with Crippen LogP contribution in [-0.2, 0) is 72.1 Å². The van der Waals surface area contributed by atoms with Crippen LogP contribution >= 0.6 is 0 Å². The summed E-state index contributed by atoms with van der Waals surface area (Å²) >= 11 is 0. The molecule has 0 fully saturated rings. The van der Waals surface area contributed by atoms with Crippen molar-refractivity contribution in [2.24, 2.45) is 0 Å². The maximum absolute atomic E-state index is 10.2. The summed E-state index contributed by atoms with van der Waals surface area (Å²) in [6.45, 7) is 26.0. The fourth-order valence-electron chi connectivity index (χ4n) is 0.479. The SMILES string of the molecule is C=C[CH2-].C=C[CH2-].C=C[CH2-].C=C[CH2-].O=C(O)CC(C(=O)O)S(=O)(=O)O.[Zr+2].[Zr+2]. The van der Waals surface area contributed by atoms with Crippen LogP contribution in [-0.4, -0.2) is 40.4 Å². The first-order valence-corrected chi connectivity index (χ1v) is 7.43. The van der Waals surface area contributed by atoms with Crippen molar-refractivity contribution in [1.29, 1.82) is 0 Å². The van der Waals surface area contributed by atoms with Gasteiger partial charge in [-0.15, -0.1) is 0 Å². The molecule has 0 aromatic heterocycles. The molecule has 0 heterocycles. The number of carbonyl (C=O) groups is 2. The van der Waals surface area contributed by atoms with Crippen LogP contribution in [0.3, 0.4) is 0 Å². The van der Waals surface area contributed by atoms with Gasteiger partial charge < -0.3 is 10.2 Å². The molecule has 0 aliphatic heterocycles. The van der Waals surface area contributed by atoms with Crippen LogP contribution in [0, 0.1) is 27.7 Å². The van der Waals surface area contributed by atoms with Gasteiger partial charge in [0.1, 0.15) is 0 Å². The normalized spacial score (nSPS) is 8.19. The van der Waals surface area contributed by atoms with Crippen LogP contribution in [0.2, 0.25) is 0 Å². The Bertz CT molecular complexity index is 437. The number of rotatable bonds is 4. The molecular weight excluding hydrogens is 519 g/mol. The number of aliphatic carboxylic acids is 2. The molecule has 1 atom stereocenters. The van der Waals surface area contributed by atoms with E-state index in [2.05, 4.69) is 54.0 Å². The zero-order valence-electron chi connectivity index (χ0n) is 14.6. The third-order valence-electron chi connectivity index (χ3n) is 0.995. The van der Waals surface area contributed by atoms with Crippen molar-refractivity contribution in [2.75, 3.05) is 0 Å². The molecule has 0 aromatic carbocycles. The zero-order chi connectivity index (χ0) is 20.8. The number of hydrogen-bond acceptors (Lipinski definition) is 4. The third-order valence-corrected chi connectivity index (χ3v) is 2.08. The summed E-state index contributed by atoms with van der Waals surface area (Å²) < 4.78 is 28.7. The van der Waals surface area contributed by atoms with Gasteiger partial charge >= 0.3 is 64.3 Å². The molecular formula is C16H26O7SZr2. The second-order valence-electron chi connectivity index (χ2n) is 3.09. The van der Waals surface area contributed by atoms with Gasteiger partial charge in [0.2, 0.25) is 0 Å². The molecule has 0 rings (SSSR count). The van der Waals surface area contributed by atoms with Crippen molar-refractivity contribution in [3.05, 3.63) is 78.3 Å². The van der Waals surface area contributed by atoms with Gasteiger partial charge in [0.15, 0.2) is 5.25 Å². The maximum Gasteiger partial charge on any atom is 2.00 e. The van der Waals surface area contributed by atoms with Crippen LogP contribution in [0.25, 0.3) is 0 Å². The summed E-state index contributed by atoms with van der Waals surface area (Å²) in [5.41, 5.74) is 0. The predicted octanol–water partition coefficient (Wildman–Crippen LogP) is 2.82. The fraction of sp³-hybridized carbons (Fsp3) is 0.125. The molecule has 0 aliphatic carbocycles. The Kier molecular flexibility index (Phi) is 60.2. The molecule has 3 N–H and O–H groups in total. The molecule has 26 heavy (non-hydrogen) atoms. The molecule has 1 unspecified atom stereocenters. The van der Waals surface area contributed by atoms with Crippen LogP contribution in [0.5, 0.6) is 0 Å². The van der Waals surface area contributed by atoms with E-state index in [1.165, 1.54) is 24.3 Å². The zero-order valence-corrected chi connectivity index (χ0v) is 20.4. The van der Waals surface area contributed by atoms with Gasteiger partial charge in [-0.05, 0) is 0 Å². The number of allylic oxidation sites excluding steroid dienone is 4. The summed E-state index contributed by atoms with van der Waals surface area (Å²) in [7, 11) is -4.84. The molecule has 0 aliphatic rings. The second-order valence-corrected chi connectivity index (χ2v) is 4.69. The van der Waals surface area contributed by atoms with Crippen molar-refractivity contribution in [2.45, 2.75) is 11.7 Å². The minimum atomic E-state index is -4.84. The van der Waals surface area contributed by atoms with Gasteiger partial charge in [-0.2, -0.15) is 8.42 Å². The minimum absolute atomic E-state index is 0. The van der Waals surface area contributed by atoms with Gasteiger partial charge in [0.25, 0.3) is 10.1 Å². The molecule has 0 bridgehead atoms. The minimum Gasteiger partial charge on any atom is -0.481 e. The van der Waals surface area contributed by atoms with Crippen molar-refractivity contribution in [3.8, 4) is 0 Å². The number of carboxylic acid groups (broad SMARTS) is 2. The van der Waals surface area contributed by atoms with Gasteiger partial charge in [-0.1, -0.05) is 0 Å². The van der Waals surface area contributed by atoms with Gasteiger partial charge in [0, 0.05) is 0 Å². The first-order chi connectivity index (χ1) is 10.9. The Hall–Kier alpha value is -0.944. The average molecular weight is 545 g/mol. The largest absolute Gasteiger partial charge is 2.00 e. The van der Waals surface area contributed by atoms with Gasteiger partial charge in [-0.25, -0.2) is 78.3 Å². The fourth-order valence-corrected chi connectivity index (χ4v) is 1.09. The van der Waals surface area contributed by atoms with Crippen LogP contribution in [0.4, 0.5) is 0 Å². The summed E-state index contributed by atoms with van der Waals surface area (Å²) in [6.07, 6.45) is 4.84. The van der Waals surface area contributed by atoms with Gasteiger partial charge in [0.05, 0.1) is 6.42 Å². The first kappa shape index (κ1) is 44.5. The standard InChI is InChI=1S/C4H6O7S.4C3H5.2Zr/c5-3(6)1-2(4(7)8)12(9,10)11;4*1-3-2;;/h2H,1H2,(H,5,6)(H,7,8)(H,9,10,11);4*3H,1-2H2;;/q;4*-1;2*+2. The van der Waals surface area contributed by atoms with Crippen molar-refractivity contribution in [3.63, 3.8) is 0 Å². The van der Waals surface area contributed by atoms with E-state index in [0.717, 1.165) is 0 Å². The second kappa shape index (κ2) is 35.2. The van der Waals surface area contributed by atoms with Crippen LogP contribution in [0.1, 0.15) is 6.42 Å². The molecule has 7 nitrogen and oxygen atoms in total. The van der Waals surface area contributed by atoms with E-state index >= 15 is 0 Å². The Morgan fingerprint density at radius 2 is 1.04 bits per heavy atom. The van der Waals surface area contributed by atoms with Crippen molar-refractivity contribution < 1.29 is 85.2 Å². The van der Waals surface area contributed by atoms with E-state index in [1.54, 1.807) is 0 Å². The Morgan fingerprint density at radius 1 is 0.846 bits per heavy atom. The molecule has 0 radical (unpaired) electrons. The first-order valence-electron chi connectivity index (χ1n) is 5.92. The van der Waals surface area contributed by atoms with E-state index < -0.39 is 33.7 Å². The van der Waals surface area contributed by atoms with E-state index in [0.29, 0.717) is 0 Å². The van der Waals surface area contributed by atoms with Crippen LogP contribution in [0.15, 0.2) is 50.6 Å². The van der Waals surface area contributed by atoms with Gasteiger partial charge in [-0.3, -0.25) is 14.1 Å². The summed E-state index contributed by atoms with van der Waals surface area (Å²) in [5, 5.41) is 13.9. The molecule has 10 heteroatoms. The molecule has 0 spiro atoms. The predicted molar refractivity (Wildman–Crippen MR) is 97.4 cm³/mol. The number of carboxylic acids is 2. The van der Waals surface area contributed by atoms with Crippen LogP contribution < -0.4 is 0 Å². The number of hydrogen-bond donors (Lipinski definition) is 3. The summed E-state index contributed by atoms with van der Waals surface area (Å²) in [4.78, 5) is 20.0. The average Bonchev–Trinajstić information content (AvgIpc) is 2.38. The molecule has 146 valence electrons. The smallest absolute Gasteiger partial charge is 0.481 e. The van der Waals surface area contributed by atoms with E-state index in [-0.39, 0.29) is 52.4 Å². The Balaban J connectivity index is -0.0000000431. The van der Waals surface area contributed by atoms with E-state index in [1.807, 2.05) is 0 Å². The monoisotopic (exact) mass is 542 g/mol.